The van der Waals surface area contributed by atoms with Gasteiger partial charge in [0.2, 0.25) is 0 Å². The highest BCUT2D eigenvalue weighted by atomic mass is 14.0. The molecule has 0 saturated heterocycles. The summed E-state index contributed by atoms with van der Waals surface area (Å²) in [5.41, 5.74) is 6.54. The molecule has 0 saturated carbocycles. The summed E-state index contributed by atoms with van der Waals surface area (Å²) in [5, 5.41) is 0. The van der Waals surface area contributed by atoms with Crippen LogP contribution in [0.25, 0.3) is 6.08 Å². The summed E-state index contributed by atoms with van der Waals surface area (Å²) in [4.78, 5) is 0. The molecule has 0 aliphatic carbocycles. The van der Waals surface area contributed by atoms with Crippen molar-refractivity contribution in [2.75, 3.05) is 0 Å². The predicted molar refractivity (Wildman–Crippen MR) is 78.0 cm³/mol. The first-order valence-corrected chi connectivity index (χ1v) is 6.06. The van der Waals surface area contributed by atoms with Gasteiger partial charge in [0.05, 0.1) is 0 Å². The van der Waals surface area contributed by atoms with E-state index in [9.17, 15) is 0 Å². The van der Waals surface area contributed by atoms with Crippen LogP contribution in [0.15, 0.2) is 53.1 Å². The molecule has 0 atom stereocenters. The molecular weight excluding hydrogens is 204 g/mol. The van der Waals surface area contributed by atoms with Gasteiger partial charge >= 0.3 is 0 Å². The molecule has 0 aromatic heterocycles. The first kappa shape index (κ1) is 13.5. The maximum absolute atomic E-state index is 2.22. The lowest BCUT2D eigenvalue weighted by Crippen LogP contribution is -1.77. The lowest BCUT2D eigenvalue weighted by molar-refractivity contribution is 1.28. The van der Waals surface area contributed by atoms with E-state index in [0.717, 1.165) is 0 Å². The topological polar surface area (TPSA) is 0 Å². The summed E-state index contributed by atoms with van der Waals surface area (Å²) in [5.74, 6) is 0. The van der Waals surface area contributed by atoms with Crippen molar-refractivity contribution in [3.63, 3.8) is 0 Å². The Morgan fingerprint density at radius 2 is 1.53 bits per heavy atom. The maximum Gasteiger partial charge on any atom is -0.0256 e. The van der Waals surface area contributed by atoms with Crippen molar-refractivity contribution in [1.29, 1.82) is 0 Å². The van der Waals surface area contributed by atoms with E-state index in [1.165, 1.54) is 27.8 Å². The molecular formula is C17H22. The van der Waals surface area contributed by atoms with Crippen molar-refractivity contribution >= 4 is 6.08 Å². The molecule has 1 aromatic carbocycles. The van der Waals surface area contributed by atoms with Gasteiger partial charge in [0.25, 0.3) is 0 Å². The second-order valence-corrected chi connectivity index (χ2v) is 4.82. The van der Waals surface area contributed by atoms with Crippen LogP contribution < -0.4 is 0 Å². The van der Waals surface area contributed by atoms with E-state index in [1.54, 1.807) is 0 Å². The molecule has 0 aliphatic heterocycles. The zero-order valence-electron chi connectivity index (χ0n) is 11.5. The van der Waals surface area contributed by atoms with Crippen molar-refractivity contribution in [2.45, 2.75) is 34.6 Å². The zero-order chi connectivity index (χ0) is 12.8. The molecule has 0 bridgehead atoms. The van der Waals surface area contributed by atoms with Crippen LogP contribution in [0.1, 0.15) is 38.8 Å². The lowest BCUT2D eigenvalue weighted by atomic mass is 10.1. The van der Waals surface area contributed by atoms with E-state index in [-0.39, 0.29) is 0 Å². The summed E-state index contributed by atoms with van der Waals surface area (Å²) >= 11 is 0. The highest BCUT2D eigenvalue weighted by molar-refractivity contribution is 5.53. The Balaban J connectivity index is 2.78. The minimum atomic E-state index is 1.25. The molecule has 0 heterocycles. The SMILES string of the molecule is CC(C)=C(C)/C=C(C)/C=C/c1ccc(C)cc1. The molecule has 1 rings (SSSR count). The minimum Gasteiger partial charge on any atom is -0.0735 e. The molecule has 1 aromatic rings. The Morgan fingerprint density at radius 3 is 2.06 bits per heavy atom. The Bertz CT molecular complexity index is 449. The molecule has 0 amide bonds. The second kappa shape index (κ2) is 6.24. The minimum absolute atomic E-state index is 1.25. The van der Waals surface area contributed by atoms with Crippen LogP contribution in [-0.2, 0) is 0 Å². The summed E-state index contributed by atoms with van der Waals surface area (Å²) in [6.45, 7) is 10.7. The van der Waals surface area contributed by atoms with Crippen LogP contribution >= 0.6 is 0 Å². The highest BCUT2D eigenvalue weighted by Crippen LogP contribution is 2.10. The number of allylic oxidation sites excluding steroid dienone is 5. The van der Waals surface area contributed by atoms with E-state index >= 15 is 0 Å². The lowest BCUT2D eigenvalue weighted by Gasteiger charge is -1.98. The first-order chi connectivity index (χ1) is 7.99. The largest absolute Gasteiger partial charge is 0.0735 e. The average molecular weight is 226 g/mol. The van der Waals surface area contributed by atoms with Gasteiger partial charge in [0.1, 0.15) is 0 Å². The number of benzene rings is 1. The molecule has 90 valence electrons. The second-order valence-electron chi connectivity index (χ2n) is 4.82. The van der Waals surface area contributed by atoms with Gasteiger partial charge in [-0.2, -0.15) is 0 Å². The molecule has 0 aliphatic rings. The van der Waals surface area contributed by atoms with Gasteiger partial charge in [-0.1, -0.05) is 64.8 Å². The fourth-order valence-corrected chi connectivity index (χ4v) is 1.44. The standard InChI is InChI=1S/C17H22/c1-13(2)16(5)12-15(4)8-11-17-9-6-14(3)7-10-17/h6-12H,1-5H3/b11-8+,15-12+. The summed E-state index contributed by atoms with van der Waals surface area (Å²) in [6.07, 6.45) is 6.54. The fourth-order valence-electron chi connectivity index (χ4n) is 1.44. The van der Waals surface area contributed by atoms with Crippen LogP contribution in [-0.4, -0.2) is 0 Å². The van der Waals surface area contributed by atoms with E-state index in [0.29, 0.717) is 0 Å². The Hall–Kier alpha value is -1.56. The van der Waals surface area contributed by atoms with Gasteiger partial charge in [0.15, 0.2) is 0 Å². The third-order valence-electron chi connectivity index (χ3n) is 2.85. The van der Waals surface area contributed by atoms with Gasteiger partial charge in [0, 0.05) is 0 Å². The zero-order valence-corrected chi connectivity index (χ0v) is 11.5. The summed E-state index contributed by atoms with van der Waals surface area (Å²) in [6, 6.07) is 8.57. The molecule has 0 N–H and O–H groups in total. The summed E-state index contributed by atoms with van der Waals surface area (Å²) in [7, 11) is 0. The molecule has 0 radical (unpaired) electrons. The van der Waals surface area contributed by atoms with Crippen LogP contribution in [0.3, 0.4) is 0 Å². The molecule has 0 unspecified atom stereocenters. The monoisotopic (exact) mass is 226 g/mol. The quantitative estimate of drug-likeness (QED) is 0.613. The van der Waals surface area contributed by atoms with Crippen molar-refractivity contribution in [1.82, 2.24) is 0 Å². The van der Waals surface area contributed by atoms with Crippen molar-refractivity contribution in [3.05, 3.63) is 64.3 Å². The number of hydrogen-bond donors (Lipinski definition) is 0. The third kappa shape index (κ3) is 4.86. The molecule has 17 heavy (non-hydrogen) atoms. The predicted octanol–water partition coefficient (Wildman–Crippen LogP) is 5.31. The van der Waals surface area contributed by atoms with Crippen LogP contribution in [0.2, 0.25) is 0 Å². The smallest absolute Gasteiger partial charge is 0.0256 e. The van der Waals surface area contributed by atoms with Crippen molar-refractivity contribution < 1.29 is 0 Å². The third-order valence-corrected chi connectivity index (χ3v) is 2.85. The molecule has 0 nitrogen and oxygen atoms in total. The van der Waals surface area contributed by atoms with E-state index in [1.807, 2.05) is 0 Å². The van der Waals surface area contributed by atoms with E-state index in [4.69, 9.17) is 0 Å². The van der Waals surface area contributed by atoms with Gasteiger partial charge < -0.3 is 0 Å². The Labute approximate surface area is 105 Å². The molecule has 0 spiro atoms. The van der Waals surface area contributed by atoms with Gasteiger partial charge in [-0.25, -0.2) is 0 Å². The van der Waals surface area contributed by atoms with Crippen LogP contribution in [0.4, 0.5) is 0 Å². The highest BCUT2D eigenvalue weighted by Gasteiger charge is 1.89. The molecule has 0 fully saturated rings. The maximum atomic E-state index is 2.22. The van der Waals surface area contributed by atoms with E-state index < -0.39 is 0 Å². The van der Waals surface area contributed by atoms with Crippen molar-refractivity contribution in [3.8, 4) is 0 Å². The number of aryl methyl sites for hydroxylation is 1. The van der Waals surface area contributed by atoms with Crippen LogP contribution in [0.5, 0.6) is 0 Å². The average Bonchev–Trinajstić information content (AvgIpc) is 2.28. The Kier molecular flexibility index (Phi) is 4.96. The number of rotatable bonds is 3. The Morgan fingerprint density at radius 1 is 0.941 bits per heavy atom. The van der Waals surface area contributed by atoms with Gasteiger partial charge in [-0.3, -0.25) is 0 Å². The van der Waals surface area contributed by atoms with Gasteiger partial charge in [-0.05, 0) is 40.2 Å². The van der Waals surface area contributed by atoms with Gasteiger partial charge in [-0.15, -0.1) is 0 Å². The van der Waals surface area contributed by atoms with E-state index in [2.05, 4.69) is 77.1 Å². The fraction of sp³-hybridized carbons (Fsp3) is 0.294. The number of hydrogen-bond acceptors (Lipinski definition) is 0. The van der Waals surface area contributed by atoms with Crippen LogP contribution in [0, 0.1) is 6.92 Å². The summed E-state index contributed by atoms with van der Waals surface area (Å²) < 4.78 is 0. The molecule has 0 heteroatoms. The first-order valence-electron chi connectivity index (χ1n) is 6.06. The van der Waals surface area contributed by atoms with Crippen molar-refractivity contribution in [2.24, 2.45) is 0 Å². The normalized spacial score (nSPS) is 11.9.